The van der Waals surface area contributed by atoms with E-state index in [1.54, 1.807) is 22.7 Å². The van der Waals surface area contributed by atoms with E-state index in [4.69, 9.17) is 4.74 Å². The zero-order valence-corrected chi connectivity index (χ0v) is 18.8. The number of hydrogen-bond acceptors (Lipinski definition) is 5. The second-order valence-electron chi connectivity index (χ2n) is 9.27. The summed E-state index contributed by atoms with van der Waals surface area (Å²) in [7, 11) is 0. The number of nitrogens with one attached hydrogen (secondary N) is 1. The van der Waals surface area contributed by atoms with Crippen LogP contribution in [0.2, 0.25) is 0 Å². The minimum Gasteiger partial charge on any atom is -0.479 e. The van der Waals surface area contributed by atoms with Crippen molar-refractivity contribution < 1.29 is 19.4 Å². The van der Waals surface area contributed by atoms with Gasteiger partial charge in [0.05, 0.1) is 5.52 Å². The summed E-state index contributed by atoms with van der Waals surface area (Å²) in [6, 6.07) is 18.2. The molecule has 8 nitrogen and oxygen atoms in total. The first-order valence-electron chi connectivity index (χ1n) is 10.6. The molecule has 2 N–H and O–H groups in total. The summed E-state index contributed by atoms with van der Waals surface area (Å²) in [5, 5.41) is 18.1. The van der Waals surface area contributed by atoms with Crippen LogP contribution < -0.4 is 5.32 Å². The molecule has 1 unspecified atom stereocenters. The van der Waals surface area contributed by atoms with Crippen LogP contribution in [0.3, 0.4) is 0 Å². The van der Waals surface area contributed by atoms with Crippen molar-refractivity contribution in [2.24, 2.45) is 5.41 Å². The molecule has 0 fully saturated rings. The number of pyridine rings is 1. The highest BCUT2D eigenvalue weighted by Crippen LogP contribution is 2.37. The molecule has 0 bridgehead atoms. The minimum absolute atomic E-state index is 0.0416. The third-order valence-electron chi connectivity index (χ3n) is 5.42. The van der Waals surface area contributed by atoms with E-state index in [1.807, 2.05) is 63.2 Å². The van der Waals surface area contributed by atoms with Crippen molar-refractivity contribution in [1.29, 1.82) is 0 Å². The molecule has 4 rings (SSSR count). The fourth-order valence-corrected chi connectivity index (χ4v) is 4.06. The SMILES string of the molecule is CC(C)(C)CC(NC(=O)OCc1ccccc1)(C(=O)O)c1ccc2c(ccc3ncnn32)c1. The second kappa shape index (κ2) is 8.54. The Morgan fingerprint density at radius 2 is 1.82 bits per heavy atom. The van der Waals surface area contributed by atoms with Crippen molar-refractivity contribution in [2.45, 2.75) is 39.3 Å². The lowest BCUT2D eigenvalue weighted by Crippen LogP contribution is -2.54. The van der Waals surface area contributed by atoms with Gasteiger partial charge in [0.25, 0.3) is 0 Å². The lowest BCUT2D eigenvalue weighted by molar-refractivity contribution is -0.146. The quantitative estimate of drug-likeness (QED) is 0.451. The summed E-state index contributed by atoms with van der Waals surface area (Å²) in [6.45, 7) is 5.84. The molecular weight excluding hydrogens is 420 g/mol. The van der Waals surface area contributed by atoms with Gasteiger partial charge in [0.15, 0.2) is 11.2 Å². The lowest BCUT2D eigenvalue weighted by Gasteiger charge is -2.36. The van der Waals surface area contributed by atoms with E-state index in [0.717, 1.165) is 16.5 Å². The standard InChI is InChI=1S/C25H26N4O4/c1-24(2,3)15-25(22(30)31,28-23(32)33-14-17-7-5-4-6-8-17)19-10-11-20-18(13-19)9-12-21-26-16-27-29(20)21/h4-13,16H,14-15H2,1-3H3,(H,28,32)(H,30,31). The maximum atomic E-state index is 12.8. The van der Waals surface area contributed by atoms with Crippen LogP contribution in [0, 0.1) is 5.41 Å². The smallest absolute Gasteiger partial charge is 0.408 e. The van der Waals surface area contributed by atoms with E-state index in [1.165, 1.54) is 6.33 Å². The number of carboxylic acids is 1. The highest BCUT2D eigenvalue weighted by Gasteiger charge is 2.45. The first-order chi connectivity index (χ1) is 15.7. The maximum Gasteiger partial charge on any atom is 0.408 e. The van der Waals surface area contributed by atoms with Crippen LogP contribution in [0.5, 0.6) is 0 Å². The van der Waals surface area contributed by atoms with Crippen molar-refractivity contribution in [3.05, 3.63) is 78.1 Å². The van der Waals surface area contributed by atoms with E-state index >= 15 is 0 Å². The Balaban J connectivity index is 1.72. The summed E-state index contributed by atoms with van der Waals surface area (Å²) in [5.74, 6) is -1.16. The van der Waals surface area contributed by atoms with Gasteiger partial charge in [-0.3, -0.25) is 0 Å². The number of ether oxygens (including phenoxy) is 1. The molecule has 33 heavy (non-hydrogen) atoms. The number of amides is 1. The average Bonchev–Trinajstić information content (AvgIpc) is 3.26. The minimum atomic E-state index is -1.68. The van der Waals surface area contributed by atoms with E-state index < -0.39 is 23.0 Å². The molecule has 1 atom stereocenters. The van der Waals surface area contributed by atoms with Crippen LogP contribution in [0.25, 0.3) is 16.6 Å². The maximum absolute atomic E-state index is 12.8. The Hall–Kier alpha value is -3.94. The number of aliphatic carboxylic acids is 1. The molecule has 0 aliphatic heterocycles. The molecular formula is C25H26N4O4. The number of rotatable bonds is 6. The number of nitrogens with zero attached hydrogens (tertiary/aromatic N) is 3. The van der Waals surface area contributed by atoms with Crippen molar-refractivity contribution in [3.8, 4) is 0 Å². The van der Waals surface area contributed by atoms with Crippen LogP contribution in [-0.2, 0) is 21.7 Å². The molecule has 0 aliphatic rings. The number of carbonyl (C=O) groups excluding carboxylic acids is 1. The van der Waals surface area contributed by atoms with E-state index in [2.05, 4.69) is 15.4 Å². The van der Waals surface area contributed by atoms with Gasteiger partial charge >= 0.3 is 12.1 Å². The topological polar surface area (TPSA) is 106 Å². The van der Waals surface area contributed by atoms with Gasteiger partial charge in [-0.25, -0.2) is 19.1 Å². The number of alkyl carbamates (subject to hydrolysis) is 1. The molecule has 170 valence electrons. The van der Waals surface area contributed by atoms with Gasteiger partial charge in [0.1, 0.15) is 12.9 Å². The van der Waals surface area contributed by atoms with Crippen molar-refractivity contribution in [1.82, 2.24) is 19.9 Å². The summed E-state index contributed by atoms with van der Waals surface area (Å²) in [4.78, 5) is 29.7. The molecule has 2 aromatic carbocycles. The molecule has 0 aliphatic carbocycles. The first-order valence-corrected chi connectivity index (χ1v) is 10.6. The normalized spacial score (nSPS) is 13.5. The summed E-state index contributed by atoms with van der Waals surface area (Å²) < 4.78 is 7.06. The third-order valence-corrected chi connectivity index (χ3v) is 5.42. The second-order valence-corrected chi connectivity index (χ2v) is 9.27. The van der Waals surface area contributed by atoms with Crippen LogP contribution in [0.4, 0.5) is 4.79 Å². The molecule has 0 saturated heterocycles. The number of carbonyl (C=O) groups is 2. The number of carboxylic acid groups (broad SMARTS) is 1. The molecule has 2 aromatic heterocycles. The van der Waals surface area contributed by atoms with Crippen molar-refractivity contribution in [3.63, 3.8) is 0 Å². The van der Waals surface area contributed by atoms with E-state index in [0.29, 0.717) is 11.2 Å². The highest BCUT2D eigenvalue weighted by molar-refractivity contribution is 5.89. The first kappa shape index (κ1) is 22.3. The van der Waals surface area contributed by atoms with Crippen LogP contribution in [-0.4, -0.2) is 31.8 Å². The van der Waals surface area contributed by atoms with Gasteiger partial charge in [0, 0.05) is 5.39 Å². The van der Waals surface area contributed by atoms with Crippen LogP contribution in [0.1, 0.15) is 38.3 Å². The molecule has 1 amide bonds. The monoisotopic (exact) mass is 446 g/mol. The highest BCUT2D eigenvalue weighted by atomic mass is 16.5. The van der Waals surface area contributed by atoms with Gasteiger partial charge in [-0.2, -0.15) is 5.10 Å². The van der Waals surface area contributed by atoms with Gasteiger partial charge in [-0.05, 0) is 47.2 Å². The van der Waals surface area contributed by atoms with E-state index in [-0.39, 0.29) is 13.0 Å². The fraction of sp³-hybridized carbons (Fsp3) is 0.280. The van der Waals surface area contributed by atoms with Crippen molar-refractivity contribution in [2.75, 3.05) is 0 Å². The van der Waals surface area contributed by atoms with E-state index in [9.17, 15) is 14.7 Å². The van der Waals surface area contributed by atoms with Crippen LogP contribution >= 0.6 is 0 Å². The summed E-state index contributed by atoms with van der Waals surface area (Å²) in [5.41, 5.74) is 0.654. The summed E-state index contributed by atoms with van der Waals surface area (Å²) >= 11 is 0. The van der Waals surface area contributed by atoms with Crippen molar-refractivity contribution >= 4 is 28.6 Å². The predicted octanol–water partition coefficient (Wildman–Crippen LogP) is 4.53. The Kier molecular flexibility index (Phi) is 5.76. The molecule has 8 heteroatoms. The van der Waals surface area contributed by atoms with Gasteiger partial charge < -0.3 is 15.2 Å². The lowest BCUT2D eigenvalue weighted by atomic mass is 9.75. The number of hydrogen-bond donors (Lipinski definition) is 2. The molecule has 0 spiro atoms. The molecule has 2 heterocycles. The molecule has 0 saturated carbocycles. The Bertz CT molecular complexity index is 1310. The molecule has 4 aromatic rings. The Morgan fingerprint density at radius 1 is 1.06 bits per heavy atom. The average molecular weight is 447 g/mol. The predicted molar refractivity (Wildman–Crippen MR) is 124 cm³/mol. The number of benzene rings is 2. The third kappa shape index (κ3) is 4.64. The zero-order valence-electron chi connectivity index (χ0n) is 18.8. The Labute approximate surface area is 191 Å². The number of fused-ring (bicyclic) bond motifs is 3. The van der Waals surface area contributed by atoms with Gasteiger partial charge in [0.2, 0.25) is 0 Å². The molecule has 0 radical (unpaired) electrons. The van der Waals surface area contributed by atoms with Crippen LogP contribution in [0.15, 0.2) is 67.0 Å². The Morgan fingerprint density at radius 3 is 2.52 bits per heavy atom. The van der Waals surface area contributed by atoms with Gasteiger partial charge in [-0.1, -0.05) is 57.2 Å². The fourth-order valence-electron chi connectivity index (χ4n) is 4.06. The number of aromatic nitrogens is 3. The van der Waals surface area contributed by atoms with Gasteiger partial charge in [-0.15, -0.1) is 0 Å². The largest absolute Gasteiger partial charge is 0.479 e. The summed E-state index contributed by atoms with van der Waals surface area (Å²) in [6.07, 6.45) is 0.832. The zero-order chi connectivity index (χ0) is 23.6.